The smallest absolute Gasteiger partial charge is 0.344 e. The van der Waals surface area contributed by atoms with Crippen molar-refractivity contribution in [1.29, 1.82) is 0 Å². The quantitative estimate of drug-likeness (QED) is 0.146. The molecule has 8 heteroatoms. The molecule has 0 amide bonds. The number of ether oxygens (including phenoxy) is 1. The third-order valence-corrected chi connectivity index (χ3v) is 7.49. The zero-order valence-electron chi connectivity index (χ0n) is 19.9. The van der Waals surface area contributed by atoms with Gasteiger partial charge >= 0.3 is 11.6 Å². The minimum Gasteiger partial charge on any atom is -0.425 e. The van der Waals surface area contributed by atoms with Crippen molar-refractivity contribution < 1.29 is 22.4 Å². The van der Waals surface area contributed by atoms with Gasteiger partial charge in [0.1, 0.15) is 17.4 Å². The van der Waals surface area contributed by atoms with Crippen molar-refractivity contribution >= 4 is 37.7 Å². The molecule has 1 N–H and O–H groups in total. The van der Waals surface area contributed by atoms with Crippen LogP contribution in [0.15, 0.2) is 111 Å². The average molecular weight is 514 g/mol. The van der Waals surface area contributed by atoms with Crippen molar-refractivity contribution in [2.45, 2.75) is 24.3 Å². The molecule has 1 heterocycles. The molecule has 0 spiro atoms. The van der Waals surface area contributed by atoms with Gasteiger partial charge in [0, 0.05) is 11.5 Å². The molecule has 7 nitrogen and oxygen atoms in total. The first-order valence-corrected chi connectivity index (χ1v) is 13.1. The molecule has 1 atom stereocenters. The number of nitrogens with one attached hydrogen (secondary N) is 1. The lowest BCUT2D eigenvalue weighted by Gasteiger charge is -2.18. The third kappa shape index (κ3) is 5.30. The molecule has 0 aliphatic rings. The van der Waals surface area contributed by atoms with E-state index in [0.29, 0.717) is 10.8 Å². The molecular weight excluding hydrogens is 490 g/mol. The number of benzene rings is 4. The molecular formula is C29H23NO6S. The maximum atomic E-state index is 13.3. The van der Waals surface area contributed by atoms with E-state index in [1.54, 1.807) is 48.5 Å². The fourth-order valence-corrected chi connectivity index (χ4v) is 5.29. The maximum Gasteiger partial charge on any atom is 0.344 e. The highest BCUT2D eigenvalue weighted by molar-refractivity contribution is 7.89. The van der Waals surface area contributed by atoms with E-state index in [1.165, 1.54) is 18.2 Å². The van der Waals surface area contributed by atoms with Gasteiger partial charge in [0.25, 0.3) is 0 Å². The van der Waals surface area contributed by atoms with Crippen LogP contribution in [0.2, 0.25) is 0 Å². The lowest BCUT2D eigenvalue weighted by molar-refractivity contribution is -0.136. The molecule has 0 unspecified atom stereocenters. The van der Waals surface area contributed by atoms with E-state index < -0.39 is 27.7 Å². The minimum absolute atomic E-state index is 0.0447. The van der Waals surface area contributed by atoms with Gasteiger partial charge in [-0.15, -0.1) is 0 Å². The fraction of sp³-hybridized carbons (Fsp3) is 0.103. The number of carbonyl (C=O) groups is 1. The van der Waals surface area contributed by atoms with Gasteiger partial charge in [-0.1, -0.05) is 66.2 Å². The standard InChI is InChI=1S/C29H23NO6S/c1-19-11-14-22(15-12-19)37(33,34)30-26(17-20-7-3-2-4-8-20)29(32)35-21-13-16-24-23-9-5-6-10-25(23)28(31)36-27(24)18-21/h2-16,18,26,30H,17H2,1H3/t26-/m1/s1. The number of carbonyl (C=O) groups excluding carboxylic acids is 1. The second-order valence-electron chi connectivity index (χ2n) is 8.69. The maximum absolute atomic E-state index is 13.3. The van der Waals surface area contributed by atoms with Gasteiger partial charge in [-0.2, -0.15) is 4.72 Å². The first-order chi connectivity index (χ1) is 17.8. The summed E-state index contributed by atoms with van der Waals surface area (Å²) in [6.07, 6.45) is 0.0814. The highest BCUT2D eigenvalue weighted by atomic mass is 32.2. The highest BCUT2D eigenvalue weighted by Gasteiger charge is 2.28. The number of esters is 1. The van der Waals surface area contributed by atoms with Crippen LogP contribution in [0.3, 0.4) is 0 Å². The van der Waals surface area contributed by atoms with E-state index in [-0.39, 0.29) is 22.6 Å². The van der Waals surface area contributed by atoms with Gasteiger partial charge in [0.15, 0.2) is 0 Å². The molecule has 37 heavy (non-hydrogen) atoms. The Hall–Kier alpha value is -4.27. The van der Waals surface area contributed by atoms with E-state index in [4.69, 9.17) is 9.15 Å². The third-order valence-electron chi connectivity index (χ3n) is 6.01. The number of fused-ring (bicyclic) bond motifs is 3. The van der Waals surface area contributed by atoms with E-state index in [9.17, 15) is 18.0 Å². The van der Waals surface area contributed by atoms with Crippen molar-refractivity contribution in [3.8, 4) is 5.75 Å². The van der Waals surface area contributed by atoms with Gasteiger partial charge in [0.2, 0.25) is 10.0 Å². The Morgan fingerprint density at radius 1 is 0.865 bits per heavy atom. The van der Waals surface area contributed by atoms with Crippen LogP contribution in [0.4, 0.5) is 0 Å². The minimum atomic E-state index is -4.01. The summed E-state index contributed by atoms with van der Waals surface area (Å²) in [5.41, 5.74) is 1.43. The van der Waals surface area contributed by atoms with E-state index in [1.807, 2.05) is 37.3 Å². The molecule has 186 valence electrons. The molecule has 0 aliphatic heterocycles. The molecule has 0 fully saturated rings. The molecule has 4 aromatic carbocycles. The summed E-state index contributed by atoms with van der Waals surface area (Å²) in [6, 6.07) is 26.0. The second-order valence-corrected chi connectivity index (χ2v) is 10.4. The summed E-state index contributed by atoms with van der Waals surface area (Å²) in [6.45, 7) is 1.86. The largest absolute Gasteiger partial charge is 0.425 e. The van der Waals surface area contributed by atoms with E-state index >= 15 is 0 Å². The van der Waals surface area contributed by atoms with Crippen LogP contribution in [0.5, 0.6) is 5.75 Å². The lowest BCUT2D eigenvalue weighted by Crippen LogP contribution is -2.44. The first-order valence-electron chi connectivity index (χ1n) is 11.6. The molecule has 1 aromatic heterocycles. The SMILES string of the molecule is Cc1ccc(S(=O)(=O)N[C@H](Cc2ccccc2)C(=O)Oc2ccc3c(c2)oc(=O)c2ccccc23)cc1. The van der Waals surface area contributed by atoms with Crippen LogP contribution < -0.4 is 15.1 Å². The summed E-state index contributed by atoms with van der Waals surface area (Å²) in [5.74, 6) is -0.662. The molecule has 0 saturated heterocycles. The van der Waals surface area contributed by atoms with Crippen LogP contribution in [-0.4, -0.2) is 20.4 Å². The number of sulfonamides is 1. The summed E-state index contributed by atoms with van der Waals surface area (Å²) < 4.78 is 39.7. The summed E-state index contributed by atoms with van der Waals surface area (Å²) in [7, 11) is -4.01. The van der Waals surface area contributed by atoms with Gasteiger partial charge in [0.05, 0.1) is 10.3 Å². The Labute approximate surface area is 213 Å². The van der Waals surface area contributed by atoms with Gasteiger partial charge in [-0.05, 0) is 54.6 Å². The van der Waals surface area contributed by atoms with E-state index in [0.717, 1.165) is 16.5 Å². The van der Waals surface area contributed by atoms with Gasteiger partial charge < -0.3 is 9.15 Å². The number of hydrogen-bond donors (Lipinski definition) is 1. The summed E-state index contributed by atoms with van der Waals surface area (Å²) in [4.78, 5) is 25.7. The van der Waals surface area contributed by atoms with Crippen molar-refractivity contribution in [1.82, 2.24) is 4.72 Å². The van der Waals surface area contributed by atoms with Crippen molar-refractivity contribution in [3.05, 3.63) is 119 Å². The molecule has 0 saturated carbocycles. The van der Waals surface area contributed by atoms with Crippen LogP contribution >= 0.6 is 0 Å². The Bertz CT molecular complexity index is 1760. The predicted molar refractivity (Wildman–Crippen MR) is 141 cm³/mol. The van der Waals surface area contributed by atoms with Crippen molar-refractivity contribution in [2.75, 3.05) is 0 Å². The van der Waals surface area contributed by atoms with Crippen LogP contribution in [0.1, 0.15) is 11.1 Å². The number of rotatable bonds is 7. The van der Waals surface area contributed by atoms with Crippen LogP contribution in [0, 0.1) is 6.92 Å². The molecule has 0 radical (unpaired) electrons. The zero-order chi connectivity index (χ0) is 26.0. The molecule has 5 aromatic rings. The average Bonchev–Trinajstić information content (AvgIpc) is 2.89. The Kier molecular flexibility index (Phi) is 6.60. The van der Waals surface area contributed by atoms with Crippen LogP contribution in [-0.2, 0) is 21.2 Å². The Balaban J connectivity index is 1.46. The lowest BCUT2D eigenvalue weighted by atomic mass is 10.1. The Morgan fingerprint density at radius 3 is 2.27 bits per heavy atom. The monoisotopic (exact) mass is 513 g/mol. The predicted octanol–water partition coefficient (Wildman–Crippen LogP) is 4.75. The van der Waals surface area contributed by atoms with Gasteiger partial charge in [-0.25, -0.2) is 18.0 Å². The number of aryl methyl sites for hydroxylation is 1. The molecule has 5 rings (SSSR count). The van der Waals surface area contributed by atoms with Gasteiger partial charge in [-0.3, -0.25) is 0 Å². The van der Waals surface area contributed by atoms with Crippen molar-refractivity contribution in [3.63, 3.8) is 0 Å². The first kappa shape index (κ1) is 24.4. The summed E-state index contributed by atoms with van der Waals surface area (Å²) >= 11 is 0. The molecule has 0 aliphatic carbocycles. The Morgan fingerprint density at radius 2 is 1.54 bits per heavy atom. The zero-order valence-corrected chi connectivity index (χ0v) is 20.7. The second kappa shape index (κ2) is 10.0. The van der Waals surface area contributed by atoms with Crippen LogP contribution in [0.25, 0.3) is 21.7 Å². The summed E-state index contributed by atoms with van der Waals surface area (Å²) in [5, 5.41) is 1.86. The van der Waals surface area contributed by atoms with Crippen molar-refractivity contribution in [2.24, 2.45) is 0 Å². The normalized spacial score (nSPS) is 12.5. The highest BCUT2D eigenvalue weighted by Crippen LogP contribution is 2.26. The van der Waals surface area contributed by atoms with E-state index in [2.05, 4.69) is 4.72 Å². The fourth-order valence-electron chi connectivity index (χ4n) is 4.11. The number of hydrogen-bond acceptors (Lipinski definition) is 6. The topological polar surface area (TPSA) is 103 Å². The molecule has 0 bridgehead atoms.